The first-order valence-corrected chi connectivity index (χ1v) is 7.66. The van der Waals surface area contributed by atoms with Crippen LogP contribution >= 0.6 is 27.5 Å². The maximum absolute atomic E-state index is 6.15. The Morgan fingerprint density at radius 2 is 2.10 bits per heavy atom. The maximum Gasteiger partial charge on any atom is 0.134 e. The fourth-order valence-electron chi connectivity index (χ4n) is 1.74. The van der Waals surface area contributed by atoms with Crippen LogP contribution in [0.15, 0.2) is 34.8 Å². The Morgan fingerprint density at radius 3 is 2.76 bits per heavy atom. The summed E-state index contributed by atoms with van der Waals surface area (Å²) >= 11 is 9.60. The molecule has 0 atom stereocenters. The number of pyridine rings is 1. The van der Waals surface area contributed by atoms with Gasteiger partial charge in [-0.3, -0.25) is 0 Å². The summed E-state index contributed by atoms with van der Waals surface area (Å²) in [6, 6.07) is 9.18. The van der Waals surface area contributed by atoms with Gasteiger partial charge >= 0.3 is 0 Å². The average Bonchev–Trinajstić information content (AvgIpc) is 2.49. The van der Waals surface area contributed by atoms with Gasteiger partial charge in [0.15, 0.2) is 0 Å². The summed E-state index contributed by atoms with van der Waals surface area (Å²) in [7, 11) is 1.62. The Morgan fingerprint density at radius 1 is 1.29 bits per heavy atom. The second-order valence-corrected chi connectivity index (χ2v) is 5.50. The van der Waals surface area contributed by atoms with Crippen LogP contribution in [0.3, 0.4) is 0 Å². The van der Waals surface area contributed by atoms with Gasteiger partial charge in [-0.15, -0.1) is 0 Å². The van der Waals surface area contributed by atoms with Crippen molar-refractivity contribution in [2.24, 2.45) is 0 Å². The molecule has 6 heteroatoms. The summed E-state index contributed by atoms with van der Waals surface area (Å²) in [5.41, 5.74) is 0.692. The predicted molar refractivity (Wildman–Crippen MR) is 88.4 cm³/mol. The molecule has 21 heavy (non-hydrogen) atoms. The molecule has 0 spiro atoms. The molecule has 0 aliphatic heterocycles. The predicted octanol–water partition coefficient (Wildman–Crippen LogP) is 4.52. The van der Waals surface area contributed by atoms with E-state index in [1.54, 1.807) is 7.11 Å². The lowest BCUT2D eigenvalue weighted by Crippen LogP contribution is -2.04. The summed E-state index contributed by atoms with van der Waals surface area (Å²) in [5, 5.41) is 3.73. The van der Waals surface area contributed by atoms with Gasteiger partial charge in [0.25, 0.3) is 0 Å². The molecule has 0 fully saturated rings. The molecule has 0 amide bonds. The minimum atomic E-state index is 0.295. The number of anilines is 1. The number of hydrogen-bond acceptors (Lipinski definition) is 4. The molecule has 0 saturated carbocycles. The van der Waals surface area contributed by atoms with Crippen molar-refractivity contribution in [2.45, 2.75) is 13.5 Å². The van der Waals surface area contributed by atoms with Crippen molar-refractivity contribution in [3.05, 3.63) is 45.5 Å². The van der Waals surface area contributed by atoms with Crippen LogP contribution in [0, 0.1) is 0 Å². The maximum atomic E-state index is 6.15. The molecule has 0 radical (unpaired) electrons. The molecule has 2 rings (SSSR count). The van der Waals surface area contributed by atoms with Crippen LogP contribution in [-0.2, 0) is 6.61 Å². The monoisotopic (exact) mass is 370 g/mol. The zero-order valence-electron chi connectivity index (χ0n) is 11.8. The van der Waals surface area contributed by atoms with E-state index in [1.165, 1.54) is 0 Å². The summed E-state index contributed by atoms with van der Waals surface area (Å²) < 4.78 is 11.7. The lowest BCUT2D eigenvalue weighted by atomic mass is 10.3. The van der Waals surface area contributed by atoms with E-state index in [1.807, 2.05) is 37.3 Å². The molecular formula is C15H16BrClN2O2. The van der Waals surface area contributed by atoms with E-state index < -0.39 is 0 Å². The van der Waals surface area contributed by atoms with Crippen molar-refractivity contribution in [3.63, 3.8) is 0 Å². The van der Waals surface area contributed by atoms with Gasteiger partial charge in [0.05, 0.1) is 22.3 Å². The van der Waals surface area contributed by atoms with Crippen LogP contribution in [-0.4, -0.2) is 18.6 Å². The smallest absolute Gasteiger partial charge is 0.134 e. The first kappa shape index (κ1) is 15.9. The molecule has 0 aliphatic carbocycles. The molecule has 112 valence electrons. The molecular weight excluding hydrogens is 356 g/mol. The molecule has 0 unspecified atom stereocenters. The Bertz CT molecular complexity index is 623. The average molecular weight is 372 g/mol. The fourth-order valence-corrected chi connectivity index (χ4v) is 2.37. The summed E-state index contributed by atoms with van der Waals surface area (Å²) in [6.45, 7) is 3.11. The standard InChI is InChI=1S/C15H16BrClN2O2/c1-3-18-15-7-5-12(17)13(19-15)9-21-14-6-4-10(20-2)8-11(14)16/h4-8H,3,9H2,1-2H3,(H,18,19). The third-order valence-corrected chi connectivity index (χ3v) is 3.74. The van der Waals surface area contributed by atoms with Crippen molar-refractivity contribution >= 4 is 33.3 Å². The molecule has 1 N–H and O–H groups in total. The van der Waals surface area contributed by atoms with Crippen LogP contribution in [0.25, 0.3) is 0 Å². The quantitative estimate of drug-likeness (QED) is 0.811. The molecule has 0 saturated heterocycles. The van der Waals surface area contributed by atoms with Crippen LogP contribution in [0.4, 0.5) is 5.82 Å². The first-order valence-electron chi connectivity index (χ1n) is 6.49. The summed E-state index contributed by atoms with van der Waals surface area (Å²) in [5.74, 6) is 2.26. The Labute approximate surface area is 137 Å². The van der Waals surface area contributed by atoms with E-state index in [2.05, 4.69) is 26.2 Å². The van der Waals surface area contributed by atoms with E-state index in [4.69, 9.17) is 21.1 Å². The van der Waals surface area contributed by atoms with Crippen molar-refractivity contribution in [1.82, 2.24) is 4.98 Å². The lowest BCUT2D eigenvalue weighted by molar-refractivity contribution is 0.299. The third-order valence-electron chi connectivity index (χ3n) is 2.78. The van der Waals surface area contributed by atoms with Gasteiger partial charge in [0.1, 0.15) is 23.9 Å². The van der Waals surface area contributed by atoms with Crippen LogP contribution in [0.2, 0.25) is 5.02 Å². The number of nitrogens with zero attached hydrogens (tertiary/aromatic N) is 1. The highest BCUT2D eigenvalue weighted by molar-refractivity contribution is 9.10. The largest absolute Gasteiger partial charge is 0.497 e. The highest BCUT2D eigenvalue weighted by atomic mass is 79.9. The zero-order valence-corrected chi connectivity index (χ0v) is 14.2. The van der Waals surface area contributed by atoms with Crippen LogP contribution < -0.4 is 14.8 Å². The van der Waals surface area contributed by atoms with Crippen molar-refractivity contribution in [3.8, 4) is 11.5 Å². The minimum absolute atomic E-state index is 0.295. The van der Waals surface area contributed by atoms with E-state index in [0.717, 1.165) is 22.6 Å². The van der Waals surface area contributed by atoms with Gasteiger partial charge in [0, 0.05) is 6.54 Å². The highest BCUT2D eigenvalue weighted by Gasteiger charge is 2.08. The second kappa shape index (κ2) is 7.52. The number of hydrogen-bond donors (Lipinski definition) is 1. The zero-order chi connectivity index (χ0) is 15.2. The van der Waals surface area contributed by atoms with Crippen molar-refractivity contribution in [2.75, 3.05) is 19.0 Å². The second-order valence-electron chi connectivity index (χ2n) is 4.24. The van der Waals surface area contributed by atoms with E-state index in [9.17, 15) is 0 Å². The fraction of sp³-hybridized carbons (Fsp3) is 0.267. The van der Waals surface area contributed by atoms with Gasteiger partial charge in [-0.1, -0.05) is 11.6 Å². The first-order chi connectivity index (χ1) is 10.1. The SMILES string of the molecule is CCNc1ccc(Cl)c(COc2ccc(OC)cc2Br)n1. The molecule has 1 heterocycles. The number of ether oxygens (including phenoxy) is 2. The molecule has 0 bridgehead atoms. The van der Waals surface area contributed by atoms with Gasteiger partial charge < -0.3 is 14.8 Å². The number of methoxy groups -OCH3 is 1. The number of rotatable bonds is 6. The van der Waals surface area contributed by atoms with Crippen molar-refractivity contribution in [1.29, 1.82) is 0 Å². The van der Waals surface area contributed by atoms with Crippen LogP contribution in [0.1, 0.15) is 12.6 Å². The number of nitrogens with one attached hydrogen (secondary N) is 1. The molecule has 4 nitrogen and oxygen atoms in total. The van der Waals surface area contributed by atoms with E-state index in [-0.39, 0.29) is 0 Å². The molecule has 2 aromatic rings. The molecule has 0 aliphatic rings. The minimum Gasteiger partial charge on any atom is -0.497 e. The summed E-state index contributed by atoms with van der Waals surface area (Å²) in [4.78, 5) is 4.43. The lowest BCUT2D eigenvalue weighted by Gasteiger charge is -2.11. The normalized spacial score (nSPS) is 10.3. The van der Waals surface area contributed by atoms with Gasteiger partial charge in [-0.2, -0.15) is 0 Å². The molecule has 1 aromatic carbocycles. The number of benzene rings is 1. The number of aromatic nitrogens is 1. The van der Waals surface area contributed by atoms with Gasteiger partial charge in [0.2, 0.25) is 0 Å². The van der Waals surface area contributed by atoms with Gasteiger partial charge in [-0.05, 0) is 53.2 Å². The highest BCUT2D eigenvalue weighted by Crippen LogP contribution is 2.30. The number of halogens is 2. The topological polar surface area (TPSA) is 43.4 Å². The summed E-state index contributed by atoms with van der Waals surface area (Å²) in [6.07, 6.45) is 0. The van der Waals surface area contributed by atoms with Gasteiger partial charge in [-0.25, -0.2) is 4.98 Å². The van der Waals surface area contributed by atoms with Crippen LogP contribution in [0.5, 0.6) is 11.5 Å². The third kappa shape index (κ3) is 4.25. The van der Waals surface area contributed by atoms with E-state index >= 15 is 0 Å². The Kier molecular flexibility index (Phi) is 5.70. The Balaban J connectivity index is 2.10. The molecule has 1 aromatic heterocycles. The Hall–Kier alpha value is -1.46. The van der Waals surface area contributed by atoms with Crippen molar-refractivity contribution < 1.29 is 9.47 Å². The van der Waals surface area contributed by atoms with E-state index in [0.29, 0.717) is 23.1 Å².